The van der Waals surface area contributed by atoms with Gasteiger partial charge in [0.15, 0.2) is 0 Å². The van der Waals surface area contributed by atoms with Gasteiger partial charge in [0.25, 0.3) is 5.69 Å². The first-order valence-corrected chi connectivity index (χ1v) is 8.47. The third-order valence-electron chi connectivity index (χ3n) is 5.48. The molecular weight excluding hydrogens is 330 g/mol. The van der Waals surface area contributed by atoms with Gasteiger partial charge in [-0.3, -0.25) is 14.9 Å². The predicted molar refractivity (Wildman–Crippen MR) is 99.8 cm³/mol. The van der Waals surface area contributed by atoms with E-state index in [9.17, 15) is 14.9 Å². The molecule has 1 amide bonds. The maximum atomic E-state index is 12.2. The summed E-state index contributed by atoms with van der Waals surface area (Å²) >= 11 is 0. The zero-order valence-electron chi connectivity index (χ0n) is 14.6. The van der Waals surface area contributed by atoms with E-state index < -0.39 is 10.6 Å². The van der Waals surface area contributed by atoms with Crippen LogP contribution in [0.5, 0.6) is 0 Å². The molecule has 0 radical (unpaired) electrons. The van der Waals surface area contributed by atoms with Crippen LogP contribution >= 0.6 is 0 Å². The maximum absolute atomic E-state index is 12.2. The largest absolute Gasteiger partial charge is 0.335 e. The number of rotatable bonds is 3. The number of hydrogen-bond acceptors (Lipinski definition) is 4. The number of carbonyl (C=O) groups is 1. The summed E-state index contributed by atoms with van der Waals surface area (Å²) in [5.41, 5.74) is 1.93. The number of hydrogen-bond donors (Lipinski definition) is 1. The number of nitrogens with zero attached hydrogens (tertiary/aromatic N) is 2. The Morgan fingerprint density at radius 1 is 1.19 bits per heavy atom. The monoisotopic (exact) mass is 349 g/mol. The molecule has 4 rings (SSSR count). The molecule has 2 aliphatic rings. The third-order valence-corrected chi connectivity index (χ3v) is 5.48. The number of nitro groups is 1. The summed E-state index contributed by atoms with van der Waals surface area (Å²) in [6.45, 7) is 4.50. The van der Waals surface area contributed by atoms with Crippen LogP contribution in [-0.2, 0) is 10.2 Å². The lowest BCUT2D eigenvalue weighted by Gasteiger charge is -2.40. The molecule has 1 saturated heterocycles. The highest BCUT2D eigenvalue weighted by atomic mass is 16.6. The van der Waals surface area contributed by atoms with E-state index in [1.807, 2.05) is 36.4 Å². The number of non-ortho nitro benzene ring substituents is 1. The van der Waals surface area contributed by atoms with E-state index >= 15 is 0 Å². The van der Waals surface area contributed by atoms with Gasteiger partial charge in [-0.05, 0) is 23.3 Å². The molecular formula is C20H19N3O3. The van der Waals surface area contributed by atoms with Gasteiger partial charge >= 0.3 is 0 Å². The van der Waals surface area contributed by atoms with Gasteiger partial charge in [0, 0.05) is 23.2 Å². The number of nitro benzene ring substituents is 1. The molecule has 1 atom stereocenters. The Hall–Kier alpha value is -3.15. The Kier molecular flexibility index (Phi) is 3.41. The molecule has 2 heterocycles. The van der Waals surface area contributed by atoms with Crippen molar-refractivity contribution in [2.45, 2.75) is 24.9 Å². The van der Waals surface area contributed by atoms with Crippen LogP contribution in [0.3, 0.4) is 0 Å². The first-order valence-electron chi connectivity index (χ1n) is 8.47. The molecule has 0 unspecified atom stereocenters. The normalized spacial score (nSPS) is 23.0. The average molecular weight is 349 g/mol. The second-order valence-electron chi connectivity index (χ2n) is 7.23. The zero-order valence-corrected chi connectivity index (χ0v) is 14.6. The minimum Gasteiger partial charge on any atom is -0.335 e. The summed E-state index contributed by atoms with van der Waals surface area (Å²) in [5.74, 6) is -0.0312. The molecule has 0 aliphatic carbocycles. The molecule has 0 bridgehead atoms. The summed E-state index contributed by atoms with van der Waals surface area (Å²) in [7, 11) is 0. The van der Waals surface area contributed by atoms with Gasteiger partial charge < -0.3 is 10.2 Å². The smallest absolute Gasteiger partial charge is 0.270 e. The first kappa shape index (κ1) is 16.3. The van der Waals surface area contributed by atoms with Crippen molar-refractivity contribution in [3.8, 4) is 0 Å². The molecule has 132 valence electrons. The second-order valence-corrected chi connectivity index (χ2v) is 7.23. The molecule has 0 spiro atoms. The standard InChI is InChI=1S/C20H19N3O3/c1-19(2)16-8-3-4-9-17(16)22-13-18(24)21-20(19,22)11-10-14-6-5-7-15(12-14)23(25)26/h3-12H,13H2,1-2H3,(H,21,24)/b11-10+/t20-/m0/s1. The highest BCUT2D eigenvalue weighted by molar-refractivity contribution is 5.91. The van der Waals surface area contributed by atoms with E-state index in [1.54, 1.807) is 6.07 Å². The Morgan fingerprint density at radius 3 is 2.73 bits per heavy atom. The summed E-state index contributed by atoms with van der Waals surface area (Å²) in [5, 5.41) is 14.1. The minimum absolute atomic E-state index is 0.0312. The lowest BCUT2D eigenvalue weighted by molar-refractivity contribution is -0.384. The number of carbonyl (C=O) groups excluding carboxylic acids is 1. The molecule has 26 heavy (non-hydrogen) atoms. The maximum Gasteiger partial charge on any atom is 0.270 e. The van der Waals surface area contributed by atoms with Crippen molar-refractivity contribution in [1.82, 2.24) is 5.32 Å². The van der Waals surface area contributed by atoms with Gasteiger partial charge in [0.05, 0.1) is 11.5 Å². The fourth-order valence-electron chi connectivity index (χ4n) is 4.10. The summed E-state index contributed by atoms with van der Waals surface area (Å²) in [4.78, 5) is 24.9. The van der Waals surface area contributed by atoms with Gasteiger partial charge in [-0.15, -0.1) is 0 Å². The number of amides is 1. The van der Waals surface area contributed by atoms with Crippen LogP contribution in [-0.4, -0.2) is 23.0 Å². The number of anilines is 1. The van der Waals surface area contributed by atoms with Crippen LogP contribution in [0.25, 0.3) is 6.08 Å². The first-order chi connectivity index (χ1) is 12.3. The van der Waals surface area contributed by atoms with Gasteiger partial charge in [0.1, 0.15) is 5.66 Å². The Balaban J connectivity index is 1.80. The van der Waals surface area contributed by atoms with Gasteiger partial charge in [-0.2, -0.15) is 0 Å². The van der Waals surface area contributed by atoms with Crippen molar-refractivity contribution in [1.29, 1.82) is 0 Å². The van der Waals surface area contributed by atoms with Crippen molar-refractivity contribution in [3.05, 3.63) is 75.8 Å². The van der Waals surface area contributed by atoms with Crippen molar-refractivity contribution in [2.75, 3.05) is 11.4 Å². The second kappa shape index (κ2) is 5.42. The summed E-state index contributed by atoms with van der Waals surface area (Å²) in [6.07, 6.45) is 3.80. The van der Waals surface area contributed by atoms with E-state index in [-0.39, 0.29) is 17.0 Å². The van der Waals surface area contributed by atoms with Crippen molar-refractivity contribution < 1.29 is 9.72 Å². The number of benzene rings is 2. The highest BCUT2D eigenvalue weighted by Gasteiger charge is 2.59. The molecule has 1 N–H and O–H groups in total. The predicted octanol–water partition coefficient (Wildman–Crippen LogP) is 3.23. The van der Waals surface area contributed by atoms with Crippen LogP contribution in [0, 0.1) is 10.1 Å². The molecule has 1 fully saturated rings. The minimum atomic E-state index is -0.696. The lowest BCUT2D eigenvalue weighted by Crippen LogP contribution is -2.58. The van der Waals surface area contributed by atoms with Gasteiger partial charge in [-0.25, -0.2) is 0 Å². The molecule has 2 aliphatic heterocycles. The summed E-state index contributed by atoms with van der Waals surface area (Å²) < 4.78 is 0. The van der Waals surface area contributed by atoms with E-state index in [2.05, 4.69) is 30.1 Å². The number of para-hydroxylation sites is 1. The van der Waals surface area contributed by atoms with Crippen molar-refractivity contribution in [3.63, 3.8) is 0 Å². The van der Waals surface area contributed by atoms with E-state index in [0.717, 1.165) is 11.3 Å². The molecule has 2 aromatic carbocycles. The van der Waals surface area contributed by atoms with Crippen LogP contribution in [0.4, 0.5) is 11.4 Å². The topological polar surface area (TPSA) is 75.5 Å². The van der Waals surface area contributed by atoms with Crippen LogP contribution in [0.1, 0.15) is 25.0 Å². The van der Waals surface area contributed by atoms with Crippen LogP contribution in [0.15, 0.2) is 54.6 Å². The summed E-state index contributed by atoms with van der Waals surface area (Å²) in [6, 6.07) is 14.6. The number of fused-ring (bicyclic) bond motifs is 3. The quantitative estimate of drug-likeness (QED) is 0.682. The lowest BCUT2D eigenvalue weighted by atomic mass is 9.75. The fourth-order valence-corrected chi connectivity index (χ4v) is 4.10. The highest BCUT2D eigenvalue weighted by Crippen LogP contribution is 2.52. The fraction of sp³-hybridized carbons (Fsp3) is 0.250. The van der Waals surface area contributed by atoms with Crippen molar-refractivity contribution >= 4 is 23.4 Å². The molecule has 0 aromatic heterocycles. The molecule has 6 nitrogen and oxygen atoms in total. The zero-order chi connectivity index (χ0) is 18.5. The van der Waals surface area contributed by atoms with E-state index in [4.69, 9.17) is 0 Å². The van der Waals surface area contributed by atoms with Gasteiger partial charge in [-0.1, -0.05) is 50.3 Å². The Morgan fingerprint density at radius 2 is 1.96 bits per heavy atom. The Bertz CT molecular complexity index is 951. The SMILES string of the molecule is CC1(C)c2ccccc2N2CC(=O)N[C@@]21/C=C/c1cccc([N+](=O)[O-])c1. The van der Waals surface area contributed by atoms with Crippen LogP contribution in [0.2, 0.25) is 0 Å². The molecule has 6 heteroatoms. The van der Waals surface area contributed by atoms with E-state index in [0.29, 0.717) is 6.54 Å². The van der Waals surface area contributed by atoms with Crippen molar-refractivity contribution in [2.24, 2.45) is 0 Å². The van der Waals surface area contributed by atoms with Crippen LogP contribution < -0.4 is 10.2 Å². The average Bonchev–Trinajstić information content (AvgIpc) is 3.05. The molecule has 2 aromatic rings. The molecule has 0 saturated carbocycles. The Labute approximate surface area is 151 Å². The third kappa shape index (κ3) is 2.15. The van der Waals surface area contributed by atoms with E-state index in [1.165, 1.54) is 17.7 Å². The number of nitrogens with one attached hydrogen (secondary N) is 1. The van der Waals surface area contributed by atoms with Gasteiger partial charge in [0.2, 0.25) is 5.91 Å².